The van der Waals surface area contributed by atoms with Gasteiger partial charge in [0.25, 0.3) is 0 Å². The molecule has 1 fully saturated rings. The molecule has 0 aromatic carbocycles. The number of hydrogen-bond acceptors (Lipinski definition) is 5. The van der Waals surface area contributed by atoms with Crippen molar-refractivity contribution in [1.29, 1.82) is 0 Å². The van der Waals surface area contributed by atoms with E-state index in [0.717, 1.165) is 25.9 Å². The van der Waals surface area contributed by atoms with Crippen molar-refractivity contribution in [2.75, 3.05) is 25.0 Å². The van der Waals surface area contributed by atoms with Crippen LogP contribution in [0.1, 0.15) is 25.7 Å². The smallest absolute Gasteiger partial charge is 0.222 e. The van der Waals surface area contributed by atoms with Crippen LogP contribution in [-0.2, 0) is 9.53 Å². The van der Waals surface area contributed by atoms with Gasteiger partial charge < -0.3 is 15.4 Å². The molecule has 1 atom stereocenters. The second-order valence-electron chi connectivity index (χ2n) is 4.54. The van der Waals surface area contributed by atoms with Gasteiger partial charge in [-0.15, -0.1) is 0 Å². The highest BCUT2D eigenvalue weighted by atomic mass is 16.5. The lowest BCUT2D eigenvalue weighted by molar-refractivity contribution is -0.121. The topological polar surface area (TPSA) is 76.1 Å². The van der Waals surface area contributed by atoms with Crippen molar-refractivity contribution in [1.82, 2.24) is 15.3 Å². The highest BCUT2D eigenvalue weighted by molar-refractivity contribution is 5.75. The maximum Gasteiger partial charge on any atom is 0.222 e. The molecule has 2 rings (SSSR count). The molecule has 0 aliphatic carbocycles. The summed E-state index contributed by atoms with van der Waals surface area (Å²) in [5.41, 5.74) is 0. The molecule has 19 heavy (non-hydrogen) atoms. The minimum atomic E-state index is 0.0753. The summed E-state index contributed by atoms with van der Waals surface area (Å²) in [5.74, 6) is 0.675. The minimum absolute atomic E-state index is 0.0753. The highest BCUT2D eigenvalue weighted by Gasteiger charge is 2.15. The number of hydrogen-bond donors (Lipinski definition) is 2. The van der Waals surface area contributed by atoms with E-state index in [1.807, 2.05) is 0 Å². The van der Waals surface area contributed by atoms with Crippen LogP contribution in [0, 0.1) is 0 Å². The summed E-state index contributed by atoms with van der Waals surface area (Å²) in [6.07, 6.45) is 6.99. The molecule has 0 radical (unpaired) electrons. The summed E-state index contributed by atoms with van der Waals surface area (Å²) in [4.78, 5) is 19.7. The van der Waals surface area contributed by atoms with E-state index in [4.69, 9.17) is 4.74 Å². The first-order valence-corrected chi connectivity index (χ1v) is 6.74. The average Bonchev–Trinajstić information content (AvgIpc) is 2.96. The van der Waals surface area contributed by atoms with Gasteiger partial charge in [0.2, 0.25) is 11.9 Å². The third-order valence-corrected chi connectivity index (χ3v) is 2.98. The number of aromatic nitrogens is 2. The summed E-state index contributed by atoms with van der Waals surface area (Å²) in [7, 11) is 0. The molecular formula is C13H20N4O2. The molecule has 0 bridgehead atoms. The summed E-state index contributed by atoms with van der Waals surface area (Å²) >= 11 is 0. The molecule has 0 saturated carbocycles. The second-order valence-corrected chi connectivity index (χ2v) is 4.54. The van der Waals surface area contributed by atoms with Crippen LogP contribution in [0.5, 0.6) is 0 Å². The number of nitrogens with zero attached hydrogens (tertiary/aromatic N) is 2. The Kier molecular flexibility index (Phi) is 5.55. The van der Waals surface area contributed by atoms with Crippen LogP contribution >= 0.6 is 0 Å². The van der Waals surface area contributed by atoms with Crippen LogP contribution in [0.15, 0.2) is 18.5 Å². The van der Waals surface area contributed by atoms with Crippen LogP contribution in [0.3, 0.4) is 0 Å². The Morgan fingerprint density at radius 3 is 3.00 bits per heavy atom. The Hall–Kier alpha value is -1.69. The van der Waals surface area contributed by atoms with E-state index in [9.17, 15) is 4.79 Å². The summed E-state index contributed by atoms with van der Waals surface area (Å²) in [5, 5.41) is 5.97. The van der Waals surface area contributed by atoms with Crippen LogP contribution in [0.25, 0.3) is 0 Å². The van der Waals surface area contributed by atoms with Crippen molar-refractivity contribution in [3.05, 3.63) is 18.5 Å². The Labute approximate surface area is 113 Å². The van der Waals surface area contributed by atoms with Crippen LogP contribution in [-0.4, -0.2) is 41.7 Å². The molecule has 2 N–H and O–H groups in total. The zero-order valence-corrected chi connectivity index (χ0v) is 11.0. The molecular weight excluding hydrogens is 244 g/mol. The first-order chi connectivity index (χ1) is 9.34. The molecule has 1 aromatic rings. The second kappa shape index (κ2) is 7.68. The first-order valence-electron chi connectivity index (χ1n) is 6.74. The SMILES string of the molecule is O=C(CCCNc1ncccn1)NCC1CCCO1. The normalized spacial score (nSPS) is 18.2. The van der Waals surface area contributed by atoms with Gasteiger partial charge in [0.05, 0.1) is 6.10 Å². The predicted octanol–water partition coefficient (Wildman–Crippen LogP) is 0.964. The lowest BCUT2D eigenvalue weighted by Gasteiger charge is -2.10. The number of amides is 1. The van der Waals surface area contributed by atoms with Crippen molar-refractivity contribution >= 4 is 11.9 Å². The third-order valence-electron chi connectivity index (χ3n) is 2.98. The summed E-state index contributed by atoms with van der Waals surface area (Å²) in [6.45, 7) is 2.15. The maximum absolute atomic E-state index is 11.6. The van der Waals surface area contributed by atoms with Gasteiger partial charge in [-0.25, -0.2) is 9.97 Å². The van der Waals surface area contributed by atoms with Crippen molar-refractivity contribution in [2.24, 2.45) is 0 Å². The van der Waals surface area contributed by atoms with Gasteiger partial charge in [-0.1, -0.05) is 0 Å². The van der Waals surface area contributed by atoms with Gasteiger partial charge in [0, 0.05) is 38.5 Å². The van der Waals surface area contributed by atoms with E-state index in [-0.39, 0.29) is 12.0 Å². The fourth-order valence-corrected chi connectivity index (χ4v) is 1.96. The van der Waals surface area contributed by atoms with E-state index >= 15 is 0 Å². The Morgan fingerprint density at radius 2 is 2.26 bits per heavy atom. The molecule has 104 valence electrons. The number of rotatable bonds is 7. The quantitative estimate of drug-likeness (QED) is 0.717. The lowest BCUT2D eigenvalue weighted by atomic mass is 10.2. The third kappa shape index (κ3) is 5.21. The molecule has 1 aromatic heterocycles. The Bertz CT molecular complexity index is 379. The molecule has 1 amide bonds. The molecule has 6 nitrogen and oxygen atoms in total. The van der Waals surface area contributed by atoms with Gasteiger partial charge in [0.1, 0.15) is 0 Å². The number of anilines is 1. The fraction of sp³-hybridized carbons (Fsp3) is 0.615. The van der Waals surface area contributed by atoms with Crippen molar-refractivity contribution in [2.45, 2.75) is 31.8 Å². The molecule has 1 saturated heterocycles. The highest BCUT2D eigenvalue weighted by Crippen LogP contribution is 2.10. The Balaban J connectivity index is 1.51. The first kappa shape index (κ1) is 13.7. The maximum atomic E-state index is 11.6. The van der Waals surface area contributed by atoms with Crippen molar-refractivity contribution < 1.29 is 9.53 Å². The van der Waals surface area contributed by atoms with Crippen LogP contribution < -0.4 is 10.6 Å². The lowest BCUT2D eigenvalue weighted by Crippen LogP contribution is -2.31. The van der Waals surface area contributed by atoms with E-state index in [2.05, 4.69) is 20.6 Å². The fourth-order valence-electron chi connectivity index (χ4n) is 1.96. The van der Waals surface area contributed by atoms with E-state index in [0.29, 0.717) is 25.5 Å². The largest absolute Gasteiger partial charge is 0.376 e. The van der Waals surface area contributed by atoms with E-state index < -0.39 is 0 Å². The van der Waals surface area contributed by atoms with Crippen LogP contribution in [0.2, 0.25) is 0 Å². The minimum Gasteiger partial charge on any atom is -0.376 e. The number of ether oxygens (including phenoxy) is 1. The number of carbonyl (C=O) groups is 1. The van der Waals surface area contributed by atoms with Crippen molar-refractivity contribution in [3.8, 4) is 0 Å². The van der Waals surface area contributed by atoms with E-state index in [1.54, 1.807) is 18.5 Å². The Morgan fingerprint density at radius 1 is 1.42 bits per heavy atom. The van der Waals surface area contributed by atoms with Crippen molar-refractivity contribution in [3.63, 3.8) is 0 Å². The van der Waals surface area contributed by atoms with Crippen LogP contribution in [0.4, 0.5) is 5.95 Å². The predicted molar refractivity (Wildman–Crippen MR) is 71.7 cm³/mol. The zero-order chi connectivity index (χ0) is 13.3. The molecule has 1 aliphatic rings. The molecule has 6 heteroatoms. The summed E-state index contributed by atoms with van der Waals surface area (Å²) < 4.78 is 5.44. The summed E-state index contributed by atoms with van der Waals surface area (Å²) in [6, 6.07) is 1.77. The zero-order valence-electron chi connectivity index (χ0n) is 11.0. The molecule has 1 unspecified atom stereocenters. The van der Waals surface area contributed by atoms with Gasteiger partial charge in [0.15, 0.2) is 0 Å². The monoisotopic (exact) mass is 264 g/mol. The standard InChI is InChI=1S/C13H20N4O2/c18-12(17-10-11-4-2-9-19-11)5-1-6-14-13-15-7-3-8-16-13/h3,7-8,11H,1-2,4-6,9-10H2,(H,17,18)(H,14,15,16). The van der Waals surface area contributed by atoms with Gasteiger partial charge in [-0.05, 0) is 25.3 Å². The van der Waals surface area contributed by atoms with E-state index in [1.165, 1.54) is 0 Å². The molecule has 1 aliphatic heterocycles. The average molecular weight is 264 g/mol. The van der Waals surface area contributed by atoms with Gasteiger partial charge in [-0.3, -0.25) is 4.79 Å². The van der Waals surface area contributed by atoms with Gasteiger partial charge in [-0.2, -0.15) is 0 Å². The number of carbonyl (C=O) groups excluding carboxylic acids is 1. The molecule has 0 spiro atoms. The molecule has 2 heterocycles. The number of nitrogens with one attached hydrogen (secondary N) is 2. The van der Waals surface area contributed by atoms with Gasteiger partial charge >= 0.3 is 0 Å².